The lowest BCUT2D eigenvalue weighted by Gasteiger charge is -2.15. The number of hydrogen-bond acceptors (Lipinski definition) is 2. The number of nitrogens with one attached hydrogen (secondary N) is 2. The van der Waals surface area contributed by atoms with Crippen molar-refractivity contribution in [1.82, 2.24) is 15.5 Å². The molecule has 0 saturated carbocycles. The first kappa shape index (κ1) is 17.8. The molecule has 0 unspecified atom stereocenters. The number of rotatable bonds is 7. The molecule has 4 nitrogen and oxygen atoms in total. The first-order valence-electron chi connectivity index (χ1n) is 8.99. The first-order valence-corrected chi connectivity index (χ1v) is 8.99. The van der Waals surface area contributed by atoms with Crippen LogP contribution in [0.3, 0.4) is 0 Å². The van der Waals surface area contributed by atoms with E-state index in [1.807, 2.05) is 0 Å². The second-order valence-electron chi connectivity index (χ2n) is 6.77. The molecule has 0 bridgehead atoms. The zero-order chi connectivity index (χ0) is 16.5. The Morgan fingerprint density at radius 3 is 2.35 bits per heavy atom. The summed E-state index contributed by atoms with van der Waals surface area (Å²) in [5.41, 5.74) is 2.67. The first-order chi connectivity index (χ1) is 11.2. The highest BCUT2D eigenvalue weighted by Gasteiger charge is 2.11. The van der Waals surface area contributed by atoms with Gasteiger partial charge >= 0.3 is 0 Å². The highest BCUT2D eigenvalue weighted by atomic mass is 15.2. The zero-order valence-corrected chi connectivity index (χ0v) is 14.9. The van der Waals surface area contributed by atoms with E-state index in [2.05, 4.69) is 65.6 Å². The second kappa shape index (κ2) is 9.56. The predicted molar refractivity (Wildman–Crippen MR) is 98.6 cm³/mol. The minimum absolute atomic E-state index is 0.615. The molecule has 0 radical (unpaired) electrons. The smallest absolute Gasteiger partial charge is 0.191 e. The van der Waals surface area contributed by atoms with E-state index in [1.54, 1.807) is 0 Å². The van der Waals surface area contributed by atoms with Crippen LogP contribution in [-0.2, 0) is 13.1 Å². The van der Waals surface area contributed by atoms with Gasteiger partial charge in [-0.3, -0.25) is 4.90 Å². The molecule has 4 heteroatoms. The van der Waals surface area contributed by atoms with Crippen molar-refractivity contribution in [2.24, 2.45) is 10.9 Å². The molecular weight excluding hydrogens is 284 g/mol. The molecule has 1 aromatic carbocycles. The SMILES string of the molecule is CCNC(=NCc1ccc(CN2CCCC2)cc1)NCC(C)C. The minimum Gasteiger partial charge on any atom is -0.357 e. The van der Waals surface area contributed by atoms with Gasteiger partial charge in [-0.25, -0.2) is 4.99 Å². The fraction of sp³-hybridized carbons (Fsp3) is 0.632. The number of likely N-dealkylation sites (tertiary alicyclic amines) is 1. The summed E-state index contributed by atoms with van der Waals surface area (Å²) in [4.78, 5) is 7.21. The lowest BCUT2D eigenvalue weighted by molar-refractivity contribution is 0.331. The van der Waals surface area contributed by atoms with Crippen LogP contribution in [0.5, 0.6) is 0 Å². The molecular formula is C19H32N4. The molecule has 0 amide bonds. The normalized spacial score (nSPS) is 16.1. The molecule has 1 aliphatic rings. The van der Waals surface area contributed by atoms with Crippen LogP contribution in [0.4, 0.5) is 0 Å². The number of guanidine groups is 1. The quantitative estimate of drug-likeness (QED) is 0.600. The molecule has 23 heavy (non-hydrogen) atoms. The van der Waals surface area contributed by atoms with Crippen LogP contribution < -0.4 is 10.6 Å². The van der Waals surface area contributed by atoms with E-state index in [0.29, 0.717) is 5.92 Å². The molecule has 1 fully saturated rings. The van der Waals surface area contributed by atoms with E-state index in [0.717, 1.165) is 32.1 Å². The maximum Gasteiger partial charge on any atom is 0.191 e. The summed E-state index contributed by atoms with van der Waals surface area (Å²) in [5.74, 6) is 1.52. The topological polar surface area (TPSA) is 39.7 Å². The largest absolute Gasteiger partial charge is 0.357 e. The Balaban J connectivity index is 1.86. The van der Waals surface area contributed by atoms with Crippen LogP contribution in [-0.4, -0.2) is 37.0 Å². The van der Waals surface area contributed by atoms with Gasteiger partial charge in [-0.1, -0.05) is 38.1 Å². The van der Waals surface area contributed by atoms with Gasteiger partial charge in [0.15, 0.2) is 5.96 Å². The van der Waals surface area contributed by atoms with Gasteiger partial charge in [0.25, 0.3) is 0 Å². The van der Waals surface area contributed by atoms with Crippen molar-refractivity contribution in [1.29, 1.82) is 0 Å². The molecule has 0 aromatic heterocycles. The lowest BCUT2D eigenvalue weighted by Crippen LogP contribution is -2.39. The van der Waals surface area contributed by atoms with Crippen LogP contribution in [0.15, 0.2) is 29.3 Å². The van der Waals surface area contributed by atoms with Gasteiger partial charge in [0.05, 0.1) is 6.54 Å². The second-order valence-corrected chi connectivity index (χ2v) is 6.77. The van der Waals surface area contributed by atoms with Crippen LogP contribution in [0.1, 0.15) is 44.7 Å². The monoisotopic (exact) mass is 316 g/mol. The highest BCUT2D eigenvalue weighted by molar-refractivity contribution is 5.79. The Morgan fingerprint density at radius 1 is 1.09 bits per heavy atom. The van der Waals surface area contributed by atoms with Crippen molar-refractivity contribution in [3.05, 3.63) is 35.4 Å². The molecule has 1 heterocycles. The molecule has 1 saturated heterocycles. The highest BCUT2D eigenvalue weighted by Crippen LogP contribution is 2.13. The molecule has 1 aliphatic heterocycles. The third-order valence-corrected chi connectivity index (χ3v) is 4.07. The molecule has 128 valence electrons. The molecule has 2 N–H and O–H groups in total. The van der Waals surface area contributed by atoms with Crippen molar-refractivity contribution < 1.29 is 0 Å². The summed E-state index contributed by atoms with van der Waals surface area (Å²) in [7, 11) is 0. The lowest BCUT2D eigenvalue weighted by atomic mass is 10.1. The fourth-order valence-corrected chi connectivity index (χ4v) is 2.76. The number of nitrogens with zero attached hydrogens (tertiary/aromatic N) is 2. The molecule has 2 rings (SSSR count). The van der Waals surface area contributed by atoms with Crippen LogP contribution >= 0.6 is 0 Å². The Labute approximate surface area is 141 Å². The van der Waals surface area contributed by atoms with Crippen LogP contribution in [0.2, 0.25) is 0 Å². The standard InChI is InChI=1S/C19H32N4/c1-4-20-19(21-13-16(2)3)22-14-17-7-9-18(10-8-17)15-23-11-5-6-12-23/h7-10,16H,4-6,11-15H2,1-3H3,(H2,20,21,22). The van der Waals surface area contributed by atoms with Crippen LogP contribution in [0, 0.1) is 5.92 Å². The van der Waals surface area contributed by atoms with E-state index in [1.165, 1.54) is 37.1 Å². The van der Waals surface area contributed by atoms with Crippen LogP contribution in [0.25, 0.3) is 0 Å². The van der Waals surface area contributed by atoms with Gasteiger partial charge in [-0.05, 0) is 49.9 Å². The molecule has 0 atom stereocenters. The number of aliphatic imine (C=N–C) groups is 1. The van der Waals surface area contributed by atoms with Crippen molar-refractivity contribution >= 4 is 5.96 Å². The van der Waals surface area contributed by atoms with Gasteiger partial charge < -0.3 is 10.6 Å². The fourth-order valence-electron chi connectivity index (χ4n) is 2.76. The van der Waals surface area contributed by atoms with E-state index in [9.17, 15) is 0 Å². The molecule has 1 aromatic rings. The summed E-state index contributed by atoms with van der Waals surface area (Å²) in [6, 6.07) is 8.91. The van der Waals surface area contributed by atoms with Crippen molar-refractivity contribution in [3.63, 3.8) is 0 Å². The Hall–Kier alpha value is -1.55. The van der Waals surface area contributed by atoms with Crippen molar-refractivity contribution in [2.45, 2.75) is 46.7 Å². The zero-order valence-electron chi connectivity index (χ0n) is 14.9. The van der Waals surface area contributed by atoms with E-state index < -0.39 is 0 Å². The van der Waals surface area contributed by atoms with Crippen molar-refractivity contribution in [2.75, 3.05) is 26.2 Å². The molecule has 0 spiro atoms. The average Bonchev–Trinajstić information content (AvgIpc) is 3.04. The van der Waals surface area contributed by atoms with Gasteiger partial charge in [-0.2, -0.15) is 0 Å². The van der Waals surface area contributed by atoms with Gasteiger partial charge in [0.1, 0.15) is 0 Å². The summed E-state index contributed by atoms with van der Waals surface area (Å²) < 4.78 is 0. The minimum atomic E-state index is 0.615. The summed E-state index contributed by atoms with van der Waals surface area (Å²) in [6.45, 7) is 12.6. The summed E-state index contributed by atoms with van der Waals surface area (Å²) in [6.07, 6.45) is 2.70. The third-order valence-electron chi connectivity index (χ3n) is 4.07. The van der Waals surface area contributed by atoms with Crippen molar-refractivity contribution in [3.8, 4) is 0 Å². The number of hydrogen-bond donors (Lipinski definition) is 2. The van der Waals surface area contributed by atoms with Gasteiger partial charge in [-0.15, -0.1) is 0 Å². The van der Waals surface area contributed by atoms with E-state index in [-0.39, 0.29) is 0 Å². The third kappa shape index (κ3) is 6.61. The average molecular weight is 316 g/mol. The maximum atomic E-state index is 4.67. The summed E-state index contributed by atoms with van der Waals surface area (Å²) >= 11 is 0. The Kier molecular flexibility index (Phi) is 7.40. The Morgan fingerprint density at radius 2 is 1.74 bits per heavy atom. The molecule has 0 aliphatic carbocycles. The number of benzene rings is 1. The van der Waals surface area contributed by atoms with E-state index >= 15 is 0 Å². The van der Waals surface area contributed by atoms with Gasteiger partial charge in [0, 0.05) is 19.6 Å². The Bertz CT molecular complexity index is 473. The predicted octanol–water partition coefficient (Wildman–Crippen LogP) is 2.99. The van der Waals surface area contributed by atoms with Gasteiger partial charge in [0.2, 0.25) is 0 Å². The van der Waals surface area contributed by atoms with E-state index in [4.69, 9.17) is 0 Å². The summed E-state index contributed by atoms with van der Waals surface area (Å²) in [5, 5.41) is 6.68. The maximum absolute atomic E-state index is 4.67.